The standard InChI is InChI=1S/C20H22N4O3S/c1-13-5-11-19(12-6-13)24-15(3)20(14(2)22-24)28(26,27)23-18-9-7-17(8-10-18)21-16(4)25/h5-12,23H,1-4H3,(H,21,25). The van der Waals surface area contributed by atoms with Crippen molar-refractivity contribution in [2.24, 2.45) is 0 Å². The quantitative estimate of drug-likeness (QED) is 0.687. The summed E-state index contributed by atoms with van der Waals surface area (Å²) >= 11 is 0. The number of anilines is 2. The maximum Gasteiger partial charge on any atom is 0.265 e. The molecule has 1 heterocycles. The number of aryl methyl sites for hydroxylation is 2. The smallest absolute Gasteiger partial charge is 0.265 e. The van der Waals surface area contributed by atoms with Crippen LogP contribution in [0.2, 0.25) is 0 Å². The highest BCUT2D eigenvalue weighted by atomic mass is 32.2. The van der Waals surface area contributed by atoms with Gasteiger partial charge in [0.2, 0.25) is 5.91 Å². The molecule has 0 fully saturated rings. The van der Waals surface area contributed by atoms with Crippen LogP contribution < -0.4 is 10.0 Å². The van der Waals surface area contributed by atoms with E-state index in [1.807, 2.05) is 31.2 Å². The van der Waals surface area contributed by atoms with Crippen molar-refractivity contribution < 1.29 is 13.2 Å². The molecule has 0 atom stereocenters. The Labute approximate surface area is 164 Å². The highest BCUT2D eigenvalue weighted by molar-refractivity contribution is 7.92. The summed E-state index contributed by atoms with van der Waals surface area (Å²) in [7, 11) is -3.83. The number of hydrogen-bond acceptors (Lipinski definition) is 4. The van der Waals surface area contributed by atoms with Crippen molar-refractivity contribution in [2.75, 3.05) is 10.0 Å². The van der Waals surface area contributed by atoms with Crippen LogP contribution in [0.15, 0.2) is 53.4 Å². The number of nitrogens with one attached hydrogen (secondary N) is 2. The lowest BCUT2D eigenvalue weighted by Gasteiger charge is -2.10. The van der Waals surface area contributed by atoms with Gasteiger partial charge in [-0.25, -0.2) is 13.1 Å². The van der Waals surface area contributed by atoms with Crippen LogP contribution in [0.25, 0.3) is 5.69 Å². The van der Waals surface area contributed by atoms with Crippen molar-refractivity contribution in [1.29, 1.82) is 0 Å². The minimum atomic E-state index is -3.83. The first-order valence-electron chi connectivity index (χ1n) is 8.71. The van der Waals surface area contributed by atoms with Crippen molar-refractivity contribution in [2.45, 2.75) is 32.6 Å². The third kappa shape index (κ3) is 4.07. The molecule has 0 saturated heterocycles. The molecule has 3 aromatic rings. The first-order chi connectivity index (χ1) is 13.2. The van der Waals surface area contributed by atoms with E-state index in [0.29, 0.717) is 22.8 Å². The number of carbonyl (C=O) groups excluding carboxylic acids is 1. The molecule has 0 aliphatic heterocycles. The SMILES string of the molecule is CC(=O)Nc1ccc(NS(=O)(=O)c2c(C)nn(-c3ccc(C)cc3)c2C)cc1. The number of hydrogen-bond donors (Lipinski definition) is 2. The number of amides is 1. The molecular formula is C20H22N4O3S. The Balaban J connectivity index is 1.91. The van der Waals surface area contributed by atoms with Crippen molar-refractivity contribution in [3.63, 3.8) is 0 Å². The zero-order valence-electron chi connectivity index (χ0n) is 16.1. The molecule has 0 aliphatic carbocycles. The molecule has 7 nitrogen and oxygen atoms in total. The molecule has 0 aliphatic rings. The maximum absolute atomic E-state index is 13.0. The van der Waals surface area contributed by atoms with Gasteiger partial charge in [0.1, 0.15) is 4.90 Å². The van der Waals surface area contributed by atoms with E-state index in [2.05, 4.69) is 15.1 Å². The highest BCUT2D eigenvalue weighted by Crippen LogP contribution is 2.25. The van der Waals surface area contributed by atoms with Crippen LogP contribution in [0.3, 0.4) is 0 Å². The topological polar surface area (TPSA) is 93.1 Å². The van der Waals surface area contributed by atoms with E-state index in [-0.39, 0.29) is 10.8 Å². The van der Waals surface area contributed by atoms with Gasteiger partial charge in [-0.1, -0.05) is 17.7 Å². The molecule has 2 N–H and O–H groups in total. The minimum absolute atomic E-state index is 0.152. The number of sulfonamides is 1. The van der Waals surface area contributed by atoms with E-state index in [4.69, 9.17) is 0 Å². The van der Waals surface area contributed by atoms with Gasteiger partial charge in [0.15, 0.2) is 0 Å². The van der Waals surface area contributed by atoms with E-state index in [9.17, 15) is 13.2 Å². The van der Waals surface area contributed by atoms with E-state index >= 15 is 0 Å². The second kappa shape index (κ2) is 7.47. The Bertz CT molecular complexity index is 1120. The minimum Gasteiger partial charge on any atom is -0.326 e. The lowest BCUT2D eigenvalue weighted by molar-refractivity contribution is -0.114. The molecule has 0 bridgehead atoms. The summed E-state index contributed by atoms with van der Waals surface area (Å²) in [6.07, 6.45) is 0. The third-order valence-corrected chi connectivity index (χ3v) is 5.86. The van der Waals surface area contributed by atoms with Gasteiger partial charge >= 0.3 is 0 Å². The Morgan fingerprint density at radius 1 is 0.929 bits per heavy atom. The Morgan fingerprint density at radius 3 is 2.07 bits per heavy atom. The predicted octanol–water partition coefficient (Wildman–Crippen LogP) is 3.56. The average molecular weight is 398 g/mol. The number of carbonyl (C=O) groups is 1. The molecular weight excluding hydrogens is 376 g/mol. The average Bonchev–Trinajstić information content (AvgIpc) is 2.92. The molecule has 0 unspecified atom stereocenters. The zero-order valence-corrected chi connectivity index (χ0v) is 17.0. The first kappa shape index (κ1) is 19.6. The molecule has 3 rings (SSSR count). The monoisotopic (exact) mass is 398 g/mol. The fraction of sp³-hybridized carbons (Fsp3) is 0.200. The van der Waals surface area contributed by atoms with Gasteiger partial charge in [0, 0.05) is 18.3 Å². The van der Waals surface area contributed by atoms with Crippen molar-refractivity contribution >= 4 is 27.3 Å². The molecule has 0 saturated carbocycles. The lowest BCUT2D eigenvalue weighted by Crippen LogP contribution is -2.15. The van der Waals surface area contributed by atoms with Crippen LogP contribution in [0, 0.1) is 20.8 Å². The number of rotatable bonds is 5. The Hall–Kier alpha value is -3.13. The van der Waals surface area contributed by atoms with Gasteiger partial charge in [-0.2, -0.15) is 5.10 Å². The normalized spacial score (nSPS) is 11.3. The summed E-state index contributed by atoms with van der Waals surface area (Å²) in [6, 6.07) is 14.2. The summed E-state index contributed by atoms with van der Waals surface area (Å²) in [6.45, 7) is 6.80. The molecule has 146 valence electrons. The Kier molecular flexibility index (Phi) is 5.24. The van der Waals surface area contributed by atoms with Crippen molar-refractivity contribution in [3.8, 4) is 5.69 Å². The maximum atomic E-state index is 13.0. The summed E-state index contributed by atoms with van der Waals surface area (Å²) < 4.78 is 30.1. The molecule has 0 spiro atoms. The molecule has 1 amide bonds. The van der Waals surface area contributed by atoms with E-state index in [0.717, 1.165) is 11.3 Å². The number of aromatic nitrogens is 2. The van der Waals surface area contributed by atoms with Crippen LogP contribution in [-0.2, 0) is 14.8 Å². The van der Waals surface area contributed by atoms with Gasteiger partial charge in [0.25, 0.3) is 10.0 Å². The number of nitrogens with zero attached hydrogens (tertiary/aromatic N) is 2. The van der Waals surface area contributed by atoms with E-state index in [1.165, 1.54) is 6.92 Å². The summed E-state index contributed by atoms with van der Waals surface area (Å²) in [4.78, 5) is 11.2. The molecule has 0 radical (unpaired) electrons. The van der Waals surface area contributed by atoms with Crippen LogP contribution in [0.1, 0.15) is 23.9 Å². The fourth-order valence-electron chi connectivity index (χ4n) is 2.99. The van der Waals surface area contributed by atoms with E-state index in [1.54, 1.807) is 42.8 Å². The highest BCUT2D eigenvalue weighted by Gasteiger charge is 2.25. The Morgan fingerprint density at radius 2 is 1.50 bits per heavy atom. The van der Waals surface area contributed by atoms with Crippen LogP contribution >= 0.6 is 0 Å². The third-order valence-electron chi connectivity index (χ3n) is 4.23. The van der Waals surface area contributed by atoms with Gasteiger partial charge in [-0.05, 0) is 57.2 Å². The molecule has 8 heteroatoms. The molecule has 28 heavy (non-hydrogen) atoms. The van der Waals surface area contributed by atoms with Crippen LogP contribution in [0.5, 0.6) is 0 Å². The second-order valence-corrected chi connectivity index (χ2v) is 8.23. The van der Waals surface area contributed by atoms with Gasteiger partial charge in [-0.3, -0.25) is 9.52 Å². The van der Waals surface area contributed by atoms with Crippen LogP contribution in [0.4, 0.5) is 11.4 Å². The predicted molar refractivity (Wildman–Crippen MR) is 109 cm³/mol. The molecule has 1 aromatic heterocycles. The lowest BCUT2D eigenvalue weighted by atomic mass is 10.2. The summed E-state index contributed by atoms with van der Waals surface area (Å²) in [5.41, 5.74) is 3.85. The zero-order chi connectivity index (χ0) is 20.5. The van der Waals surface area contributed by atoms with Crippen LogP contribution in [-0.4, -0.2) is 24.1 Å². The first-order valence-corrected chi connectivity index (χ1v) is 10.2. The van der Waals surface area contributed by atoms with Gasteiger partial charge in [-0.15, -0.1) is 0 Å². The van der Waals surface area contributed by atoms with E-state index < -0.39 is 10.0 Å². The van der Waals surface area contributed by atoms with Crippen molar-refractivity contribution in [1.82, 2.24) is 9.78 Å². The molecule has 2 aromatic carbocycles. The van der Waals surface area contributed by atoms with Gasteiger partial charge < -0.3 is 5.32 Å². The number of benzene rings is 2. The fourth-order valence-corrected chi connectivity index (χ4v) is 4.44. The second-order valence-electron chi connectivity index (χ2n) is 6.61. The van der Waals surface area contributed by atoms with Crippen molar-refractivity contribution in [3.05, 3.63) is 65.5 Å². The summed E-state index contributed by atoms with van der Waals surface area (Å²) in [5.74, 6) is -0.192. The van der Waals surface area contributed by atoms with Gasteiger partial charge in [0.05, 0.1) is 17.1 Å². The largest absolute Gasteiger partial charge is 0.326 e. The summed E-state index contributed by atoms with van der Waals surface area (Å²) in [5, 5.41) is 7.06.